The van der Waals surface area contributed by atoms with Crippen LogP contribution in [0.4, 0.5) is 24.0 Å². The summed E-state index contributed by atoms with van der Waals surface area (Å²) < 4.78 is 39.0. The van der Waals surface area contributed by atoms with E-state index in [9.17, 15) is 18.0 Å². The van der Waals surface area contributed by atoms with Gasteiger partial charge in [-0.1, -0.05) is 6.07 Å². The molecule has 28 heavy (non-hydrogen) atoms. The number of amides is 1. The van der Waals surface area contributed by atoms with E-state index in [0.29, 0.717) is 10.8 Å². The number of likely N-dealkylation sites (N-methyl/N-ethyl adjacent to an activating group) is 1. The molecule has 1 saturated heterocycles. The SMILES string of the molecule is CC(=O)N(c1cccc(C(F)(F)F)c1)c1nc(/C=N\N2CC[NH+](C)CC2)cs1. The standard InChI is InChI=1S/C18H20F3N5OS/c1-13(27)26(16-5-3-4-14(10-16)18(19,20)21)17-23-15(12-28-17)11-22-25-8-6-24(2)7-9-25/h3-5,10-12H,6-9H2,1-2H3/p+1/b22-11-. The largest absolute Gasteiger partial charge is 0.416 e. The highest BCUT2D eigenvalue weighted by atomic mass is 32.1. The Bertz CT molecular complexity index is 859. The van der Waals surface area contributed by atoms with E-state index in [4.69, 9.17) is 0 Å². The van der Waals surface area contributed by atoms with Crippen molar-refractivity contribution in [1.82, 2.24) is 9.99 Å². The minimum atomic E-state index is -4.48. The number of hydrazone groups is 1. The summed E-state index contributed by atoms with van der Waals surface area (Å²) in [4.78, 5) is 19.1. The fraction of sp³-hybridized carbons (Fsp3) is 0.389. The van der Waals surface area contributed by atoms with Gasteiger partial charge in [0.25, 0.3) is 0 Å². The summed E-state index contributed by atoms with van der Waals surface area (Å²) in [6.45, 7) is 5.01. The van der Waals surface area contributed by atoms with Crippen LogP contribution in [0, 0.1) is 0 Å². The number of nitrogens with zero attached hydrogens (tertiary/aromatic N) is 4. The molecule has 1 N–H and O–H groups in total. The predicted molar refractivity (Wildman–Crippen MR) is 102 cm³/mol. The van der Waals surface area contributed by atoms with Gasteiger partial charge in [-0.25, -0.2) is 4.98 Å². The zero-order valence-corrected chi connectivity index (χ0v) is 16.3. The number of aromatic nitrogens is 1. The van der Waals surface area contributed by atoms with Crippen LogP contribution in [0.1, 0.15) is 18.2 Å². The Kier molecular flexibility index (Phi) is 5.99. The van der Waals surface area contributed by atoms with Gasteiger partial charge in [-0.15, -0.1) is 11.3 Å². The fourth-order valence-electron chi connectivity index (χ4n) is 2.82. The topological polar surface area (TPSA) is 53.2 Å². The number of rotatable bonds is 4. The van der Waals surface area contributed by atoms with Crippen molar-refractivity contribution in [3.63, 3.8) is 0 Å². The van der Waals surface area contributed by atoms with Crippen LogP contribution in [-0.2, 0) is 11.0 Å². The lowest BCUT2D eigenvalue weighted by atomic mass is 10.2. The fourth-order valence-corrected chi connectivity index (χ4v) is 3.66. The number of benzene rings is 1. The van der Waals surface area contributed by atoms with Crippen LogP contribution in [-0.4, -0.2) is 55.3 Å². The zero-order chi connectivity index (χ0) is 20.3. The molecule has 3 rings (SSSR count). The zero-order valence-electron chi connectivity index (χ0n) is 15.5. The highest BCUT2D eigenvalue weighted by Gasteiger charge is 2.31. The Labute approximate surface area is 164 Å². The van der Waals surface area contributed by atoms with Crippen LogP contribution in [0.15, 0.2) is 34.7 Å². The highest BCUT2D eigenvalue weighted by Crippen LogP contribution is 2.34. The van der Waals surface area contributed by atoms with E-state index < -0.39 is 17.6 Å². The van der Waals surface area contributed by atoms with Crippen molar-refractivity contribution in [2.75, 3.05) is 38.1 Å². The summed E-state index contributed by atoms with van der Waals surface area (Å²) in [6.07, 6.45) is -2.87. The number of nitrogens with one attached hydrogen (secondary N) is 1. The molecule has 1 aliphatic rings. The molecule has 2 aromatic rings. The molecule has 1 aromatic carbocycles. The minimum Gasteiger partial charge on any atom is -0.334 e. The number of thiazole rings is 1. The predicted octanol–water partition coefficient (Wildman–Crippen LogP) is 2.01. The van der Waals surface area contributed by atoms with E-state index in [1.165, 1.54) is 40.2 Å². The van der Waals surface area contributed by atoms with Crippen LogP contribution >= 0.6 is 11.3 Å². The summed E-state index contributed by atoms with van der Waals surface area (Å²) in [6, 6.07) is 4.65. The molecule has 6 nitrogen and oxygen atoms in total. The minimum absolute atomic E-state index is 0.127. The van der Waals surface area contributed by atoms with Gasteiger partial charge in [0.15, 0.2) is 5.13 Å². The number of carbonyl (C=O) groups is 1. The van der Waals surface area contributed by atoms with Crippen LogP contribution < -0.4 is 9.80 Å². The summed E-state index contributed by atoms with van der Waals surface area (Å²) in [7, 11) is 2.14. The van der Waals surface area contributed by atoms with Crippen LogP contribution in [0.2, 0.25) is 0 Å². The van der Waals surface area contributed by atoms with E-state index in [2.05, 4.69) is 17.1 Å². The molecule has 150 valence electrons. The number of piperazine rings is 1. The molecule has 1 aliphatic heterocycles. The first-order valence-corrected chi connectivity index (χ1v) is 9.66. The average molecular weight is 412 g/mol. The van der Waals surface area contributed by atoms with Crippen molar-refractivity contribution in [3.8, 4) is 0 Å². The Balaban J connectivity index is 1.80. The molecule has 0 atom stereocenters. The van der Waals surface area contributed by atoms with Gasteiger partial charge in [-0.3, -0.25) is 14.7 Å². The van der Waals surface area contributed by atoms with E-state index in [0.717, 1.165) is 38.3 Å². The number of hydrogen-bond acceptors (Lipinski definition) is 5. The third-order valence-corrected chi connectivity index (χ3v) is 5.24. The van der Waals surface area contributed by atoms with Gasteiger partial charge < -0.3 is 4.90 Å². The number of anilines is 2. The molecule has 0 saturated carbocycles. The quantitative estimate of drug-likeness (QED) is 0.782. The first-order valence-electron chi connectivity index (χ1n) is 8.78. The first kappa shape index (κ1) is 20.3. The van der Waals surface area contributed by atoms with Gasteiger partial charge in [0.2, 0.25) is 5.91 Å². The number of alkyl halides is 3. The van der Waals surface area contributed by atoms with E-state index >= 15 is 0 Å². The molecule has 0 spiro atoms. The molecule has 0 aliphatic carbocycles. The second-order valence-corrected chi connectivity index (χ2v) is 7.45. The summed E-state index contributed by atoms with van der Waals surface area (Å²) in [5, 5.41) is 8.40. The molecule has 0 bridgehead atoms. The molecule has 10 heteroatoms. The molecular weight excluding hydrogens is 391 g/mol. The van der Waals surface area contributed by atoms with Crippen molar-refractivity contribution in [2.45, 2.75) is 13.1 Å². The number of halogens is 3. The van der Waals surface area contributed by atoms with Gasteiger partial charge in [-0.2, -0.15) is 18.3 Å². The summed E-state index contributed by atoms with van der Waals surface area (Å²) in [5.41, 5.74) is -0.126. The third-order valence-electron chi connectivity index (χ3n) is 4.39. The lowest BCUT2D eigenvalue weighted by Gasteiger charge is -2.27. The Morgan fingerprint density at radius 1 is 1.36 bits per heavy atom. The number of hydrogen-bond donors (Lipinski definition) is 1. The second kappa shape index (κ2) is 8.27. The molecule has 0 radical (unpaired) electrons. The average Bonchev–Trinajstić information content (AvgIpc) is 3.09. The van der Waals surface area contributed by atoms with E-state index in [-0.39, 0.29) is 5.69 Å². The van der Waals surface area contributed by atoms with Gasteiger partial charge in [0.05, 0.1) is 56.4 Å². The Hall–Kier alpha value is -2.46. The Morgan fingerprint density at radius 3 is 2.71 bits per heavy atom. The molecule has 2 heterocycles. The maximum Gasteiger partial charge on any atom is 0.416 e. The highest BCUT2D eigenvalue weighted by molar-refractivity contribution is 7.14. The molecule has 1 amide bonds. The lowest BCUT2D eigenvalue weighted by molar-refractivity contribution is -0.884. The van der Waals surface area contributed by atoms with Crippen LogP contribution in [0.3, 0.4) is 0 Å². The molecule has 1 aromatic heterocycles. The van der Waals surface area contributed by atoms with Gasteiger partial charge in [-0.05, 0) is 18.2 Å². The van der Waals surface area contributed by atoms with Crippen molar-refractivity contribution in [3.05, 3.63) is 40.9 Å². The van der Waals surface area contributed by atoms with Crippen LogP contribution in [0.25, 0.3) is 0 Å². The third kappa shape index (κ3) is 4.87. The maximum atomic E-state index is 13.0. The van der Waals surface area contributed by atoms with Crippen molar-refractivity contribution >= 4 is 34.3 Å². The van der Waals surface area contributed by atoms with Gasteiger partial charge in [0, 0.05) is 12.3 Å². The van der Waals surface area contributed by atoms with Crippen LogP contribution in [0.5, 0.6) is 0 Å². The Morgan fingerprint density at radius 2 is 2.07 bits per heavy atom. The number of quaternary nitrogens is 1. The normalized spacial score (nSPS) is 16.0. The van der Waals surface area contributed by atoms with E-state index in [1.54, 1.807) is 11.6 Å². The maximum absolute atomic E-state index is 13.0. The molecule has 0 unspecified atom stereocenters. The summed E-state index contributed by atoms with van der Waals surface area (Å²) >= 11 is 1.18. The first-order chi connectivity index (χ1) is 13.2. The van der Waals surface area contributed by atoms with E-state index in [1.807, 2.05) is 5.01 Å². The van der Waals surface area contributed by atoms with Crippen molar-refractivity contribution in [1.29, 1.82) is 0 Å². The number of carbonyl (C=O) groups excluding carboxylic acids is 1. The lowest BCUT2D eigenvalue weighted by Crippen LogP contribution is -3.11. The van der Waals surface area contributed by atoms with Gasteiger partial charge in [0.1, 0.15) is 0 Å². The second-order valence-electron chi connectivity index (χ2n) is 6.61. The van der Waals surface area contributed by atoms with Crippen molar-refractivity contribution in [2.24, 2.45) is 5.10 Å². The van der Waals surface area contributed by atoms with Gasteiger partial charge >= 0.3 is 6.18 Å². The summed E-state index contributed by atoms with van der Waals surface area (Å²) in [5.74, 6) is -0.417. The smallest absolute Gasteiger partial charge is 0.334 e. The molecular formula is C18H21F3N5OS+. The molecule has 1 fully saturated rings. The van der Waals surface area contributed by atoms with Crippen molar-refractivity contribution < 1.29 is 22.9 Å². The monoisotopic (exact) mass is 412 g/mol.